The smallest absolute Gasteiger partial charge is 0.257 e. The molecule has 2 rings (SSSR count). The molecule has 3 N–H and O–H groups in total. The van der Waals surface area contributed by atoms with E-state index in [1.165, 1.54) is 0 Å². The van der Waals surface area contributed by atoms with E-state index >= 15 is 0 Å². The van der Waals surface area contributed by atoms with Gasteiger partial charge in [-0.2, -0.15) is 5.26 Å². The van der Waals surface area contributed by atoms with Crippen LogP contribution in [-0.4, -0.2) is 5.91 Å². The number of hydrogen-bond donors (Lipinski definition) is 2. The number of carbonyl (C=O) groups is 1. The second-order valence-corrected chi connectivity index (χ2v) is 3.73. The first-order chi connectivity index (χ1) is 8.70. The maximum Gasteiger partial charge on any atom is 0.257 e. The number of anilines is 2. The first-order valence-corrected chi connectivity index (χ1v) is 5.37. The molecule has 4 nitrogen and oxygen atoms in total. The van der Waals surface area contributed by atoms with E-state index in [2.05, 4.69) is 5.32 Å². The van der Waals surface area contributed by atoms with E-state index in [4.69, 9.17) is 11.0 Å². The molecule has 0 saturated carbocycles. The van der Waals surface area contributed by atoms with Crippen molar-refractivity contribution in [1.82, 2.24) is 0 Å². The van der Waals surface area contributed by atoms with Crippen molar-refractivity contribution in [1.29, 1.82) is 5.26 Å². The fourth-order valence-electron chi connectivity index (χ4n) is 1.54. The van der Waals surface area contributed by atoms with Crippen LogP contribution in [-0.2, 0) is 0 Å². The molecule has 4 heteroatoms. The Kier molecular flexibility index (Phi) is 3.26. The summed E-state index contributed by atoms with van der Waals surface area (Å²) in [6, 6.07) is 15.5. The first-order valence-electron chi connectivity index (χ1n) is 5.37. The van der Waals surface area contributed by atoms with Gasteiger partial charge in [-0.05, 0) is 36.4 Å². The van der Waals surface area contributed by atoms with E-state index in [1.807, 2.05) is 6.07 Å². The summed E-state index contributed by atoms with van der Waals surface area (Å²) in [5.41, 5.74) is 7.54. The van der Waals surface area contributed by atoms with Gasteiger partial charge in [0.05, 0.1) is 17.2 Å². The van der Waals surface area contributed by atoms with Gasteiger partial charge >= 0.3 is 0 Å². The van der Waals surface area contributed by atoms with E-state index in [1.54, 1.807) is 48.5 Å². The number of nitrogens with two attached hydrogens (primary N) is 1. The van der Waals surface area contributed by atoms with Gasteiger partial charge in [-0.15, -0.1) is 0 Å². The average Bonchev–Trinajstić information content (AvgIpc) is 2.41. The molecule has 0 aromatic heterocycles. The Balaban J connectivity index is 2.22. The van der Waals surface area contributed by atoms with Gasteiger partial charge < -0.3 is 11.1 Å². The summed E-state index contributed by atoms with van der Waals surface area (Å²) in [4.78, 5) is 12.0. The van der Waals surface area contributed by atoms with Crippen molar-refractivity contribution >= 4 is 17.3 Å². The largest absolute Gasteiger partial charge is 0.399 e. The molecule has 88 valence electrons. The van der Waals surface area contributed by atoms with Crippen LogP contribution in [0.2, 0.25) is 0 Å². The summed E-state index contributed by atoms with van der Waals surface area (Å²) >= 11 is 0. The highest BCUT2D eigenvalue weighted by molar-refractivity contribution is 6.05. The van der Waals surface area contributed by atoms with Gasteiger partial charge in [-0.3, -0.25) is 4.79 Å². The summed E-state index contributed by atoms with van der Waals surface area (Å²) in [5.74, 6) is -0.308. The minimum absolute atomic E-state index is 0.308. The first kappa shape index (κ1) is 11.7. The second kappa shape index (κ2) is 5.02. The van der Waals surface area contributed by atoms with Crippen LogP contribution in [0.15, 0.2) is 48.5 Å². The molecule has 2 aromatic rings. The van der Waals surface area contributed by atoms with E-state index < -0.39 is 0 Å². The molecule has 0 unspecified atom stereocenters. The van der Waals surface area contributed by atoms with Crippen molar-refractivity contribution in [2.24, 2.45) is 0 Å². The highest BCUT2D eigenvalue weighted by Gasteiger charge is 2.10. The highest BCUT2D eigenvalue weighted by Crippen LogP contribution is 2.14. The van der Waals surface area contributed by atoms with E-state index in [0.29, 0.717) is 22.5 Å². The third-order valence-electron chi connectivity index (χ3n) is 2.46. The molecule has 0 fully saturated rings. The Labute approximate surface area is 105 Å². The summed E-state index contributed by atoms with van der Waals surface area (Å²) in [5, 5.41) is 11.6. The average molecular weight is 237 g/mol. The second-order valence-electron chi connectivity index (χ2n) is 3.73. The van der Waals surface area contributed by atoms with Gasteiger partial charge in [0.1, 0.15) is 0 Å². The molecule has 2 aromatic carbocycles. The molecule has 0 aliphatic heterocycles. The molecule has 0 bridgehead atoms. The van der Waals surface area contributed by atoms with Crippen molar-refractivity contribution in [3.63, 3.8) is 0 Å². The van der Waals surface area contributed by atoms with Crippen LogP contribution >= 0.6 is 0 Å². The molecule has 0 atom stereocenters. The minimum atomic E-state index is -0.308. The summed E-state index contributed by atoms with van der Waals surface area (Å²) in [6.07, 6.45) is 0. The van der Waals surface area contributed by atoms with Gasteiger partial charge in [0, 0.05) is 11.4 Å². The van der Waals surface area contributed by atoms with Crippen molar-refractivity contribution in [3.8, 4) is 6.07 Å². The van der Waals surface area contributed by atoms with E-state index in [-0.39, 0.29) is 5.91 Å². The standard InChI is InChI=1S/C14H11N3O/c15-9-10-3-1-2-4-13(10)14(18)17-12-7-5-11(16)6-8-12/h1-8H,16H2,(H,17,18). The van der Waals surface area contributed by atoms with Crippen LogP contribution < -0.4 is 11.1 Å². The number of nitriles is 1. The normalized spacial score (nSPS) is 9.50. The van der Waals surface area contributed by atoms with Gasteiger partial charge in [0.2, 0.25) is 0 Å². The van der Waals surface area contributed by atoms with Crippen molar-refractivity contribution in [2.75, 3.05) is 11.1 Å². The third kappa shape index (κ3) is 2.47. The lowest BCUT2D eigenvalue weighted by atomic mass is 10.1. The maximum absolute atomic E-state index is 12.0. The molecule has 0 radical (unpaired) electrons. The molecule has 1 amide bonds. The lowest BCUT2D eigenvalue weighted by molar-refractivity contribution is 0.102. The van der Waals surface area contributed by atoms with Crippen LogP contribution in [0.3, 0.4) is 0 Å². The van der Waals surface area contributed by atoms with Crippen molar-refractivity contribution < 1.29 is 4.79 Å². The summed E-state index contributed by atoms with van der Waals surface area (Å²) in [7, 11) is 0. The predicted octanol–water partition coefficient (Wildman–Crippen LogP) is 2.39. The summed E-state index contributed by atoms with van der Waals surface area (Å²) in [6.45, 7) is 0. The Morgan fingerprint density at radius 3 is 2.44 bits per heavy atom. The van der Waals surface area contributed by atoms with Gasteiger partial charge in [0.15, 0.2) is 0 Å². The molecule has 18 heavy (non-hydrogen) atoms. The number of carbonyl (C=O) groups excluding carboxylic acids is 1. The maximum atomic E-state index is 12.0. The van der Waals surface area contributed by atoms with Crippen LogP contribution in [0.1, 0.15) is 15.9 Å². The lowest BCUT2D eigenvalue weighted by Gasteiger charge is -2.06. The number of hydrogen-bond acceptors (Lipinski definition) is 3. The number of nitrogens with one attached hydrogen (secondary N) is 1. The minimum Gasteiger partial charge on any atom is -0.399 e. The Bertz CT molecular complexity index is 612. The zero-order valence-corrected chi connectivity index (χ0v) is 9.55. The Hall–Kier alpha value is -2.80. The topological polar surface area (TPSA) is 78.9 Å². The fraction of sp³-hybridized carbons (Fsp3) is 0. The van der Waals surface area contributed by atoms with Crippen LogP contribution in [0.4, 0.5) is 11.4 Å². The van der Waals surface area contributed by atoms with Crippen molar-refractivity contribution in [2.45, 2.75) is 0 Å². The van der Waals surface area contributed by atoms with Gasteiger partial charge in [-0.25, -0.2) is 0 Å². The number of benzene rings is 2. The molecule has 0 aliphatic rings. The van der Waals surface area contributed by atoms with Crippen LogP contribution in [0, 0.1) is 11.3 Å². The van der Waals surface area contributed by atoms with Gasteiger partial charge in [0.25, 0.3) is 5.91 Å². The quantitative estimate of drug-likeness (QED) is 0.787. The monoisotopic (exact) mass is 237 g/mol. The summed E-state index contributed by atoms with van der Waals surface area (Å²) < 4.78 is 0. The third-order valence-corrected chi connectivity index (χ3v) is 2.46. The van der Waals surface area contributed by atoms with Crippen molar-refractivity contribution in [3.05, 3.63) is 59.7 Å². The SMILES string of the molecule is N#Cc1ccccc1C(=O)Nc1ccc(N)cc1. The van der Waals surface area contributed by atoms with Crippen LogP contribution in [0.5, 0.6) is 0 Å². The molecular formula is C14H11N3O. The van der Waals surface area contributed by atoms with E-state index in [9.17, 15) is 4.79 Å². The zero-order chi connectivity index (χ0) is 13.0. The number of nitrogen functional groups attached to an aromatic ring is 1. The number of amides is 1. The zero-order valence-electron chi connectivity index (χ0n) is 9.55. The van der Waals surface area contributed by atoms with Crippen LogP contribution in [0.25, 0.3) is 0 Å². The fourth-order valence-corrected chi connectivity index (χ4v) is 1.54. The molecular weight excluding hydrogens is 226 g/mol. The molecule has 0 aliphatic carbocycles. The van der Waals surface area contributed by atoms with E-state index in [0.717, 1.165) is 0 Å². The Morgan fingerprint density at radius 1 is 1.11 bits per heavy atom. The number of rotatable bonds is 2. The Morgan fingerprint density at radius 2 is 1.78 bits per heavy atom. The highest BCUT2D eigenvalue weighted by atomic mass is 16.1. The van der Waals surface area contributed by atoms with Gasteiger partial charge in [-0.1, -0.05) is 12.1 Å². The molecule has 0 heterocycles. The molecule has 0 spiro atoms. The lowest BCUT2D eigenvalue weighted by Crippen LogP contribution is -2.13. The number of nitrogens with zero attached hydrogens (tertiary/aromatic N) is 1. The predicted molar refractivity (Wildman–Crippen MR) is 70.0 cm³/mol. The molecule has 0 saturated heterocycles.